The third-order valence-electron chi connectivity index (χ3n) is 3.52. The number of aryl methyl sites for hydroxylation is 1. The Morgan fingerprint density at radius 2 is 2.24 bits per heavy atom. The fraction of sp³-hybridized carbons (Fsp3) is 0.667. The zero-order valence-electron chi connectivity index (χ0n) is 11.3. The molecule has 0 fully saturated rings. The summed E-state index contributed by atoms with van der Waals surface area (Å²) in [6.07, 6.45) is 2.77. The summed E-state index contributed by atoms with van der Waals surface area (Å²) in [7, 11) is 1.84. The highest BCUT2D eigenvalue weighted by molar-refractivity contribution is 5.90. The molecule has 3 N–H and O–H groups in total. The van der Waals surface area contributed by atoms with Crippen LogP contribution in [0.5, 0.6) is 0 Å². The van der Waals surface area contributed by atoms with Crippen molar-refractivity contribution in [2.75, 3.05) is 5.32 Å². The maximum atomic E-state index is 7.88. The van der Waals surface area contributed by atoms with Gasteiger partial charge in [-0.2, -0.15) is 5.10 Å². The van der Waals surface area contributed by atoms with Crippen molar-refractivity contribution in [3.63, 3.8) is 0 Å². The Bertz CT molecular complexity index is 380. The molecule has 0 aliphatic heterocycles. The van der Waals surface area contributed by atoms with Gasteiger partial charge >= 0.3 is 0 Å². The molecular weight excluding hydrogens is 214 g/mol. The summed E-state index contributed by atoms with van der Waals surface area (Å²) in [6.45, 7) is 8.66. The molecule has 0 spiro atoms. The summed E-state index contributed by atoms with van der Waals surface area (Å²) in [5.74, 6) is 1.12. The molecule has 1 aromatic rings. The Balaban J connectivity index is 2.54. The Hall–Kier alpha value is -1.52. The van der Waals surface area contributed by atoms with Crippen LogP contribution in [-0.4, -0.2) is 21.8 Å². The lowest BCUT2D eigenvalue weighted by Gasteiger charge is -2.32. The second kappa shape index (κ2) is 5.21. The van der Waals surface area contributed by atoms with Crippen molar-refractivity contribution < 1.29 is 0 Å². The van der Waals surface area contributed by atoms with E-state index in [0.29, 0.717) is 5.96 Å². The second-order valence-corrected chi connectivity index (χ2v) is 5.05. The molecule has 5 nitrogen and oxygen atoms in total. The predicted molar refractivity (Wildman–Crippen MR) is 71.2 cm³/mol. The number of nitrogens with one attached hydrogen (secondary N) is 3. The molecule has 1 aromatic heterocycles. The molecule has 96 valence electrons. The van der Waals surface area contributed by atoms with Crippen LogP contribution in [-0.2, 0) is 7.05 Å². The first kappa shape index (κ1) is 13.5. The Morgan fingerprint density at radius 3 is 2.71 bits per heavy atom. The van der Waals surface area contributed by atoms with Crippen LogP contribution in [0.15, 0.2) is 12.3 Å². The van der Waals surface area contributed by atoms with Gasteiger partial charge in [0.1, 0.15) is 5.82 Å². The summed E-state index contributed by atoms with van der Waals surface area (Å²) in [5, 5.41) is 18.1. The number of aromatic nitrogens is 2. The third-order valence-corrected chi connectivity index (χ3v) is 3.52. The number of nitrogens with zero attached hydrogens (tertiary/aromatic N) is 2. The number of anilines is 1. The lowest BCUT2D eigenvalue weighted by Crippen LogP contribution is -2.45. The molecule has 0 aliphatic carbocycles. The van der Waals surface area contributed by atoms with E-state index < -0.39 is 0 Å². The summed E-state index contributed by atoms with van der Waals surface area (Å²) in [6, 6.07) is 2.08. The number of rotatable bonds is 4. The molecule has 0 radical (unpaired) electrons. The summed E-state index contributed by atoms with van der Waals surface area (Å²) in [4.78, 5) is 0. The average molecular weight is 237 g/mol. The topological polar surface area (TPSA) is 65.7 Å². The zero-order chi connectivity index (χ0) is 13.1. The first-order valence-corrected chi connectivity index (χ1v) is 5.97. The summed E-state index contributed by atoms with van der Waals surface area (Å²) < 4.78 is 1.70. The summed E-state index contributed by atoms with van der Waals surface area (Å²) >= 11 is 0. The standard InChI is InChI=1S/C12H23N5/c1-6-12(3,4)9(2)15-11(13)16-10-7-8-14-17(10)5/h7-9H,6H2,1-5H3,(H3,13,15,16)/t9-/m1/s1. The zero-order valence-corrected chi connectivity index (χ0v) is 11.3. The Morgan fingerprint density at radius 1 is 1.59 bits per heavy atom. The highest BCUT2D eigenvalue weighted by Gasteiger charge is 2.24. The average Bonchev–Trinajstić information content (AvgIpc) is 2.64. The minimum Gasteiger partial charge on any atom is -0.353 e. The first-order chi connectivity index (χ1) is 7.86. The van der Waals surface area contributed by atoms with Crippen LogP contribution in [0.2, 0.25) is 0 Å². The molecule has 5 heteroatoms. The summed E-state index contributed by atoms with van der Waals surface area (Å²) in [5.41, 5.74) is 0.167. The molecule has 0 aromatic carbocycles. The first-order valence-electron chi connectivity index (χ1n) is 5.97. The molecule has 0 saturated heterocycles. The normalized spacial score (nSPS) is 13.2. The van der Waals surface area contributed by atoms with Crippen molar-refractivity contribution in [3.05, 3.63) is 12.3 Å². The Kier molecular flexibility index (Phi) is 4.15. The molecule has 17 heavy (non-hydrogen) atoms. The van der Waals surface area contributed by atoms with Crippen molar-refractivity contribution in [1.82, 2.24) is 15.1 Å². The van der Waals surface area contributed by atoms with Crippen LogP contribution in [0.3, 0.4) is 0 Å². The van der Waals surface area contributed by atoms with Gasteiger partial charge in [0.15, 0.2) is 5.96 Å². The molecule has 1 atom stereocenters. The molecule has 0 saturated carbocycles. The van der Waals surface area contributed by atoms with Crippen LogP contribution in [0, 0.1) is 10.8 Å². The minimum atomic E-state index is 0.167. The van der Waals surface area contributed by atoms with Crippen molar-refractivity contribution in [3.8, 4) is 0 Å². The van der Waals surface area contributed by atoms with E-state index >= 15 is 0 Å². The van der Waals surface area contributed by atoms with Crippen molar-refractivity contribution in [2.24, 2.45) is 12.5 Å². The van der Waals surface area contributed by atoms with Gasteiger partial charge in [-0.1, -0.05) is 20.8 Å². The quantitative estimate of drug-likeness (QED) is 0.555. The molecule has 0 bridgehead atoms. The molecule has 1 rings (SSSR count). The Labute approximate surface area is 103 Å². The minimum absolute atomic E-state index is 0.167. The second-order valence-electron chi connectivity index (χ2n) is 5.05. The fourth-order valence-electron chi connectivity index (χ4n) is 1.38. The van der Waals surface area contributed by atoms with E-state index in [4.69, 9.17) is 5.41 Å². The van der Waals surface area contributed by atoms with Gasteiger partial charge in [0.05, 0.1) is 6.20 Å². The van der Waals surface area contributed by atoms with Gasteiger partial charge in [-0.25, -0.2) is 0 Å². The lowest BCUT2D eigenvalue weighted by atomic mass is 9.83. The van der Waals surface area contributed by atoms with Crippen molar-refractivity contribution in [2.45, 2.75) is 40.2 Å². The van der Waals surface area contributed by atoms with Crippen LogP contribution in [0.25, 0.3) is 0 Å². The smallest absolute Gasteiger partial charge is 0.194 e. The van der Waals surface area contributed by atoms with Gasteiger partial charge in [0.25, 0.3) is 0 Å². The van der Waals surface area contributed by atoms with Gasteiger partial charge in [-0.15, -0.1) is 0 Å². The van der Waals surface area contributed by atoms with E-state index in [2.05, 4.69) is 43.4 Å². The fourth-order valence-corrected chi connectivity index (χ4v) is 1.38. The van der Waals surface area contributed by atoms with E-state index in [1.807, 2.05) is 13.1 Å². The van der Waals surface area contributed by atoms with Gasteiger partial charge in [0.2, 0.25) is 0 Å². The van der Waals surface area contributed by atoms with Crippen LogP contribution in [0.4, 0.5) is 5.82 Å². The highest BCUT2D eigenvalue weighted by Crippen LogP contribution is 2.24. The third kappa shape index (κ3) is 3.47. The molecule has 0 unspecified atom stereocenters. The highest BCUT2D eigenvalue weighted by atomic mass is 15.3. The molecule has 1 heterocycles. The number of guanidine groups is 1. The van der Waals surface area contributed by atoms with Crippen molar-refractivity contribution >= 4 is 11.8 Å². The van der Waals surface area contributed by atoms with Gasteiger partial charge in [-0.3, -0.25) is 10.1 Å². The van der Waals surface area contributed by atoms with E-state index in [0.717, 1.165) is 12.2 Å². The van der Waals surface area contributed by atoms with Gasteiger partial charge in [-0.05, 0) is 18.8 Å². The van der Waals surface area contributed by atoms with Crippen molar-refractivity contribution in [1.29, 1.82) is 5.41 Å². The van der Waals surface area contributed by atoms with E-state index in [1.165, 1.54) is 0 Å². The van der Waals surface area contributed by atoms with Crippen LogP contribution in [0.1, 0.15) is 34.1 Å². The van der Waals surface area contributed by atoms with Gasteiger partial charge in [0, 0.05) is 19.2 Å². The van der Waals surface area contributed by atoms with Crippen LogP contribution >= 0.6 is 0 Å². The van der Waals surface area contributed by atoms with E-state index in [-0.39, 0.29) is 11.5 Å². The van der Waals surface area contributed by atoms with Crippen LogP contribution < -0.4 is 10.6 Å². The lowest BCUT2D eigenvalue weighted by molar-refractivity contribution is 0.270. The monoisotopic (exact) mass is 237 g/mol. The number of hydrogen-bond donors (Lipinski definition) is 3. The SMILES string of the molecule is CCC(C)(C)[C@@H](C)NC(=N)Nc1ccnn1C. The molecule has 0 aliphatic rings. The van der Waals surface area contributed by atoms with Gasteiger partial charge < -0.3 is 10.6 Å². The number of hydrogen-bond acceptors (Lipinski definition) is 2. The van der Waals surface area contributed by atoms with E-state index in [1.54, 1.807) is 10.9 Å². The molecule has 0 amide bonds. The maximum absolute atomic E-state index is 7.88. The molecular formula is C12H23N5. The largest absolute Gasteiger partial charge is 0.353 e. The predicted octanol–water partition coefficient (Wildman–Crippen LogP) is 2.18. The maximum Gasteiger partial charge on any atom is 0.194 e. The van der Waals surface area contributed by atoms with E-state index in [9.17, 15) is 0 Å².